The molecule has 0 radical (unpaired) electrons. The second-order valence-corrected chi connectivity index (χ2v) is 7.59. The lowest BCUT2D eigenvalue weighted by atomic mass is 9.74. The van der Waals surface area contributed by atoms with Crippen LogP contribution in [0.2, 0.25) is 5.02 Å². The van der Waals surface area contributed by atoms with Gasteiger partial charge >= 0.3 is 0 Å². The van der Waals surface area contributed by atoms with E-state index in [0.717, 1.165) is 83.0 Å². The minimum Gasteiger partial charge on any atom is -0.381 e. The highest BCUT2D eigenvalue weighted by Gasteiger charge is 2.36. The van der Waals surface area contributed by atoms with E-state index in [2.05, 4.69) is 32.7 Å². The van der Waals surface area contributed by atoms with E-state index in [4.69, 9.17) is 21.1 Å². The maximum Gasteiger partial charge on any atom is 0.191 e. The molecule has 1 aromatic carbocycles. The van der Waals surface area contributed by atoms with E-state index in [9.17, 15) is 0 Å². The Labute approximate surface area is 167 Å². The molecule has 2 heterocycles. The van der Waals surface area contributed by atoms with Gasteiger partial charge in [-0.25, -0.2) is 0 Å². The summed E-state index contributed by atoms with van der Waals surface area (Å²) in [5, 5.41) is 7.79. The summed E-state index contributed by atoms with van der Waals surface area (Å²) in [4.78, 5) is 6.80. The Balaban J connectivity index is 1.56. The second kappa shape index (κ2) is 10.3. The number of rotatable bonds is 6. The first-order valence-corrected chi connectivity index (χ1v) is 10.2. The number of guanidine groups is 1. The van der Waals surface area contributed by atoms with Gasteiger partial charge in [-0.15, -0.1) is 0 Å². The molecule has 0 aromatic heterocycles. The normalized spacial score (nSPS) is 21.0. The largest absolute Gasteiger partial charge is 0.381 e. The molecule has 2 saturated heterocycles. The molecular weight excluding hydrogens is 364 g/mol. The summed E-state index contributed by atoms with van der Waals surface area (Å²) < 4.78 is 11.0. The van der Waals surface area contributed by atoms with E-state index < -0.39 is 0 Å². The highest BCUT2D eigenvalue weighted by molar-refractivity contribution is 6.31. The average Bonchev–Trinajstić information content (AvgIpc) is 2.72. The molecule has 2 aliphatic heterocycles. The van der Waals surface area contributed by atoms with Crippen molar-refractivity contribution in [3.63, 3.8) is 0 Å². The third-order valence-corrected chi connectivity index (χ3v) is 5.87. The van der Waals surface area contributed by atoms with Gasteiger partial charge in [-0.1, -0.05) is 29.8 Å². The fraction of sp³-hybridized carbons (Fsp3) is 0.650. The maximum absolute atomic E-state index is 6.54. The van der Waals surface area contributed by atoms with Crippen molar-refractivity contribution in [3.05, 3.63) is 34.9 Å². The average molecular weight is 395 g/mol. The topological polar surface area (TPSA) is 58.1 Å². The number of nitrogens with zero attached hydrogens (tertiary/aromatic N) is 2. The molecule has 2 fully saturated rings. The minimum absolute atomic E-state index is 0.0293. The van der Waals surface area contributed by atoms with Crippen LogP contribution in [0.15, 0.2) is 29.3 Å². The zero-order valence-electron chi connectivity index (χ0n) is 16.2. The zero-order chi connectivity index (χ0) is 19.0. The number of nitrogens with one attached hydrogen (secondary N) is 2. The van der Waals surface area contributed by atoms with Crippen molar-refractivity contribution in [2.75, 3.05) is 66.2 Å². The van der Waals surface area contributed by atoms with E-state index in [1.54, 1.807) is 0 Å². The van der Waals surface area contributed by atoms with Crippen LogP contribution in [0.3, 0.4) is 0 Å². The molecule has 2 N–H and O–H groups in total. The standard InChI is InChI=1S/C20H31ClN4O2/c1-22-19(23-8-9-25-10-14-27-15-11-25)24-16-20(6-12-26-13-7-20)17-4-2-3-5-18(17)21/h2-5H,6-16H2,1H3,(H2,22,23,24). The van der Waals surface area contributed by atoms with Gasteiger partial charge in [0.15, 0.2) is 5.96 Å². The second-order valence-electron chi connectivity index (χ2n) is 7.18. The lowest BCUT2D eigenvalue weighted by molar-refractivity contribution is 0.0388. The fourth-order valence-corrected chi connectivity index (χ4v) is 4.16. The third kappa shape index (κ3) is 5.57. The Morgan fingerprint density at radius 3 is 2.52 bits per heavy atom. The molecular formula is C20H31ClN4O2. The molecule has 0 unspecified atom stereocenters. The monoisotopic (exact) mass is 394 g/mol. The predicted octanol–water partition coefficient (Wildman–Crippen LogP) is 1.89. The van der Waals surface area contributed by atoms with Crippen molar-refractivity contribution in [1.29, 1.82) is 0 Å². The Morgan fingerprint density at radius 1 is 1.11 bits per heavy atom. The summed E-state index contributed by atoms with van der Waals surface area (Å²) in [6.07, 6.45) is 1.91. The van der Waals surface area contributed by atoms with Crippen LogP contribution < -0.4 is 10.6 Å². The van der Waals surface area contributed by atoms with E-state index in [1.807, 2.05) is 19.2 Å². The van der Waals surface area contributed by atoms with Crippen molar-refractivity contribution in [1.82, 2.24) is 15.5 Å². The summed E-state index contributed by atoms with van der Waals surface area (Å²) in [6.45, 7) is 7.83. The highest BCUT2D eigenvalue weighted by atomic mass is 35.5. The molecule has 2 aliphatic rings. The van der Waals surface area contributed by atoms with Crippen molar-refractivity contribution >= 4 is 17.6 Å². The molecule has 3 rings (SSSR count). The van der Waals surface area contributed by atoms with Gasteiger partial charge in [0.2, 0.25) is 0 Å². The number of benzene rings is 1. The van der Waals surface area contributed by atoms with Gasteiger partial charge in [0.1, 0.15) is 0 Å². The van der Waals surface area contributed by atoms with Crippen molar-refractivity contribution in [3.8, 4) is 0 Å². The SMILES string of the molecule is CN=C(NCCN1CCOCC1)NCC1(c2ccccc2Cl)CCOCC1. The zero-order valence-corrected chi connectivity index (χ0v) is 16.9. The van der Waals surface area contributed by atoms with E-state index in [1.165, 1.54) is 5.56 Å². The third-order valence-electron chi connectivity index (χ3n) is 5.54. The maximum atomic E-state index is 6.54. The molecule has 150 valence electrons. The van der Waals surface area contributed by atoms with Crippen molar-refractivity contribution in [2.24, 2.45) is 4.99 Å². The minimum atomic E-state index is -0.0293. The summed E-state index contributed by atoms with van der Waals surface area (Å²) >= 11 is 6.54. The van der Waals surface area contributed by atoms with E-state index in [-0.39, 0.29) is 5.41 Å². The van der Waals surface area contributed by atoms with Gasteiger partial charge in [-0.05, 0) is 24.5 Å². The number of ether oxygens (including phenoxy) is 2. The molecule has 0 atom stereocenters. The smallest absolute Gasteiger partial charge is 0.191 e. The molecule has 27 heavy (non-hydrogen) atoms. The quantitative estimate of drug-likeness (QED) is 0.570. The fourth-order valence-electron chi connectivity index (χ4n) is 3.83. The van der Waals surface area contributed by atoms with Gasteiger partial charge in [0.05, 0.1) is 13.2 Å². The molecule has 0 aliphatic carbocycles. The van der Waals surface area contributed by atoms with Crippen LogP contribution in [-0.2, 0) is 14.9 Å². The molecule has 1 aromatic rings. The highest BCUT2D eigenvalue weighted by Crippen LogP contribution is 2.38. The van der Waals surface area contributed by atoms with Crippen molar-refractivity contribution in [2.45, 2.75) is 18.3 Å². The van der Waals surface area contributed by atoms with Gasteiger partial charge in [0.25, 0.3) is 0 Å². The van der Waals surface area contributed by atoms with Crippen LogP contribution in [0.4, 0.5) is 0 Å². The van der Waals surface area contributed by atoms with Gasteiger partial charge in [-0.3, -0.25) is 9.89 Å². The Kier molecular flexibility index (Phi) is 7.76. The summed E-state index contributed by atoms with van der Waals surface area (Å²) in [6, 6.07) is 8.17. The molecule has 0 saturated carbocycles. The number of halogens is 1. The van der Waals surface area contributed by atoms with Gasteiger partial charge < -0.3 is 20.1 Å². The lowest BCUT2D eigenvalue weighted by Gasteiger charge is -2.38. The Bertz CT molecular complexity index is 614. The van der Waals surface area contributed by atoms with Crippen LogP contribution in [-0.4, -0.2) is 77.1 Å². The summed E-state index contributed by atoms with van der Waals surface area (Å²) in [5.74, 6) is 0.834. The molecule has 0 amide bonds. The number of hydrogen-bond acceptors (Lipinski definition) is 4. The lowest BCUT2D eigenvalue weighted by Crippen LogP contribution is -2.49. The molecule has 6 nitrogen and oxygen atoms in total. The molecule has 0 spiro atoms. The van der Waals surface area contributed by atoms with Crippen LogP contribution in [0.1, 0.15) is 18.4 Å². The first-order valence-electron chi connectivity index (χ1n) is 9.81. The van der Waals surface area contributed by atoms with Gasteiger partial charge in [0, 0.05) is 63.4 Å². The Morgan fingerprint density at radius 2 is 1.81 bits per heavy atom. The van der Waals surface area contributed by atoms with Crippen LogP contribution >= 0.6 is 11.6 Å². The predicted molar refractivity (Wildman–Crippen MR) is 110 cm³/mol. The van der Waals surface area contributed by atoms with Gasteiger partial charge in [-0.2, -0.15) is 0 Å². The Hall–Kier alpha value is -1.34. The number of aliphatic imine (C=N–C) groups is 1. The first kappa shape index (κ1) is 20.4. The summed E-state index contributed by atoms with van der Waals surface area (Å²) in [5.41, 5.74) is 1.17. The van der Waals surface area contributed by atoms with Crippen molar-refractivity contribution < 1.29 is 9.47 Å². The molecule has 0 bridgehead atoms. The number of hydrogen-bond donors (Lipinski definition) is 2. The van der Waals surface area contributed by atoms with Crippen LogP contribution in [0.25, 0.3) is 0 Å². The summed E-state index contributed by atoms with van der Waals surface area (Å²) in [7, 11) is 1.82. The first-order chi connectivity index (χ1) is 13.2. The van der Waals surface area contributed by atoms with Crippen LogP contribution in [0.5, 0.6) is 0 Å². The molecule has 7 heteroatoms. The number of morpholine rings is 1. The van der Waals surface area contributed by atoms with E-state index >= 15 is 0 Å². The van der Waals surface area contributed by atoms with Crippen LogP contribution in [0, 0.1) is 0 Å². The van der Waals surface area contributed by atoms with E-state index in [0.29, 0.717) is 0 Å².